The number of rotatable bonds is 3. The van der Waals surface area contributed by atoms with Gasteiger partial charge >= 0.3 is 5.97 Å². The minimum atomic E-state index is -0.126. The van der Waals surface area contributed by atoms with E-state index in [1.807, 2.05) is 12.1 Å². The van der Waals surface area contributed by atoms with E-state index in [0.717, 1.165) is 43.9 Å². The monoisotopic (exact) mass is 523 g/mol. The van der Waals surface area contributed by atoms with Gasteiger partial charge in [0.25, 0.3) is 0 Å². The lowest BCUT2D eigenvalue weighted by molar-refractivity contribution is -0.146. The highest BCUT2D eigenvalue weighted by Crippen LogP contribution is 2.38. The van der Waals surface area contributed by atoms with E-state index in [1.54, 1.807) is 7.05 Å². The Hall–Kier alpha value is -1.42. The Morgan fingerprint density at radius 2 is 2.04 bits per heavy atom. The van der Waals surface area contributed by atoms with Crippen LogP contribution in [0.15, 0.2) is 17.1 Å². The predicted molar refractivity (Wildman–Crippen MR) is 119 cm³/mol. The molecule has 0 saturated carbocycles. The number of nitrogens with one attached hydrogen (secondary N) is 1. The number of nitrogens with zero attached hydrogens (tertiary/aromatic N) is 2. The van der Waals surface area contributed by atoms with Crippen molar-refractivity contribution in [2.45, 2.75) is 25.8 Å². The van der Waals surface area contributed by atoms with Crippen LogP contribution in [0.2, 0.25) is 5.02 Å². The van der Waals surface area contributed by atoms with Gasteiger partial charge in [0.2, 0.25) is 0 Å². The smallest absolute Gasteiger partial charge is 0.308 e. The molecule has 2 heterocycles. The molecule has 156 valence electrons. The third-order valence-corrected chi connectivity index (χ3v) is 5.13. The summed E-state index contributed by atoms with van der Waals surface area (Å²) in [5.74, 6) is 1.96. The molecule has 2 aliphatic rings. The molecule has 0 aromatic heterocycles. The zero-order valence-corrected chi connectivity index (χ0v) is 19.3. The van der Waals surface area contributed by atoms with Crippen LogP contribution in [0.1, 0.15) is 24.8 Å². The van der Waals surface area contributed by atoms with Gasteiger partial charge in [0, 0.05) is 33.1 Å². The van der Waals surface area contributed by atoms with Crippen LogP contribution in [0, 0.1) is 5.92 Å². The average Bonchev–Trinajstić information content (AvgIpc) is 2.94. The van der Waals surface area contributed by atoms with Crippen molar-refractivity contribution in [3.05, 3.63) is 22.7 Å². The molecule has 0 spiro atoms. The molecule has 1 aromatic rings. The summed E-state index contributed by atoms with van der Waals surface area (Å²) in [7, 11) is 3.20. The van der Waals surface area contributed by atoms with Gasteiger partial charge in [-0.2, -0.15) is 0 Å². The number of carbonyl (C=O) groups is 1. The number of guanidine groups is 1. The highest BCUT2D eigenvalue weighted by Gasteiger charge is 2.27. The highest BCUT2D eigenvalue weighted by atomic mass is 127. The third kappa shape index (κ3) is 5.56. The maximum absolute atomic E-state index is 11.7. The molecule has 1 fully saturated rings. The zero-order valence-electron chi connectivity index (χ0n) is 16.2. The first kappa shape index (κ1) is 22.9. The molecule has 0 bridgehead atoms. The number of halogens is 2. The highest BCUT2D eigenvalue weighted by molar-refractivity contribution is 14.0. The van der Waals surface area contributed by atoms with E-state index >= 15 is 0 Å². The predicted octanol–water partition coefficient (Wildman–Crippen LogP) is 3.08. The van der Waals surface area contributed by atoms with Crippen molar-refractivity contribution in [3.8, 4) is 11.5 Å². The quantitative estimate of drug-likeness (QED) is 0.284. The van der Waals surface area contributed by atoms with Gasteiger partial charge in [-0.3, -0.25) is 9.79 Å². The van der Waals surface area contributed by atoms with Crippen LogP contribution in [0.5, 0.6) is 11.5 Å². The van der Waals surface area contributed by atoms with Gasteiger partial charge in [0.15, 0.2) is 17.5 Å². The van der Waals surface area contributed by atoms with Crippen molar-refractivity contribution < 1.29 is 19.0 Å². The third-order valence-electron chi connectivity index (χ3n) is 4.85. The van der Waals surface area contributed by atoms with Gasteiger partial charge in [0.05, 0.1) is 31.3 Å². The minimum absolute atomic E-state index is 0. The van der Waals surface area contributed by atoms with E-state index in [0.29, 0.717) is 36.3 Å². The number of likely N-dealkylation sites (tertiary alicyclic amines) is 1. The normalized spacial score (nSPS) is 17.4. The number of benzene rings is 1. The number of aliphatic imine (C=N–C) groups is 1. The number of hydrogen-bond acceptors (Lipinski definition) is 5. The molecule has 7 nitrogen and oxygen atoms in total. The van der Waals surface area contributed by atoms with Crippen molar-refractivity contribution in [3.63, 3.8) is 0 Å². The van der Waals surface area contributed by atoms with E-state index in [2.05, 4.69) is 15.2 Å². The Labute approximate surface area is 187 Å². The molecule has 1 aromatic carbocycles. The molecule has 1 N–H and O–H groups in total. The molecule has 1 saturated heterocycles. The number of fused-ring (bicyclic) bond motifs is 1. The fourth-order valence-electron chi connectivity index (χ4n) is 3.39. The fourth-order valence-corrected chi connectivity index (χ4v) is 3.68. The number of ether oxygens (including phenoxy) is 3. The number of esters is 1. The fraction of sp³-hybridized carbons (Fsp3) is 0.579. The van der Waals surface area contributed by atoms with Gasteiger partial charge in [-0.25, -0.2) is 0 Å². The summed E-state index contributed by atoms with van der Waals surface area (Å²) >= 11 is 6.36. The number of hydrogen-bond donors (Lipinski definition) is 1. The van der Waals surface area contributed by atoms with Gasteiger partial charge < -0.3 is 24.4 Å². The Kier molecular flexibility index (Phi) is 8.94. The summed E-state index contributed by atoms with van der Waals surface area (Å²) in [6, 6.07) is 3.84. The second kappa shape index (κ2) is 10.9. The maximum Gasteiger partial charge on any atom is 0.308 e. The molecule has 0 atom stereocenters. The molecule has 28 heavy (non-hydrogen) atoms. The standard InChI is InChI=1S/C19H26ClN3O4.HI/c1-21-19(23-6-4-14(5-7-23)18(24)25-2)22-12-13-10-15(20)17-16(11-13)26-8-3-9-27-17;/h10-11,14H,3-9,12H2,1-2H3,(H,21,22);1H. The van der Waals surface area contributed by atoms with E-state index in [1.165, 1.54) is 7.11 Å². The summed E-state index contributed by atoms with van der Waals surface area (Å²) in [5.41, 5.74) is 0.995. The molecule has 3 rings (SSSR count). The Balaban J connectivity index is 0.00000280. The summed E-state index contributed by atoms with van der Waals surface area (Å²) in [6.07, 6.45) is 2.37. The molecule has 0 unspecified atom stereocenters. The number of piperidine rings is 1. The molecule has 9 heteroatoms. The second-order valence-electron chi connectivity index (χ2n) is 6.64. The van der Waals surface area contributed by atoms with Gasteiger partial charge in [-0.05, 0) is 30.5 Å². The maximum atomic E-state index is 11.7. The lowest BCUT2D eigenvalue weighted by Gasteiger charge is -2.33. The van der Waals surface area contributed by atoms with Crippen LogP contribution >= 0.6 is 35.6 Å². The Morgan fingerprint density at radius 3 is 2.71 bits per heavy atom. The lowest BCUT2D eigenvalue weighted by atomic mass is 9.97. The topological polar surface area (TPSA) is 72.4 Å². The molecule has 0 amide bonds. The first-order valence-electron chi connectivity index (χ1n) is 9.23. The molecule has 2 aliphatic heterocycles. The van der Waals surface area contributed by atoms with Gasteiger partial charge in [-0.1, -0.05) is 11.6 Å². The van der Waals surface area contributed by atoms with Crippen molar-refractivity contribution in [2.24, 2.45) is 10.9 Å². The number of carbonyl (C=O) groups excluding carboxylic acids is 1. The molecule has 0 radical (unpaired) electrons. The van der Waals surface area contributed by atoms with E-state index in [4.69, 9.17) is 25.8 Å². The second-order valence-corrected chi connectivity index (χ2v) is 7.05. The van der Waals surface area contributed by atoms with Crippen molar-refractivity contribution in [1.82, 2.24) is 10.2 Å². The summed E-state index contributed by atoms with van der Waals surface area (Å²) in [4.78, 5) is 18.2. The SMILES string of the molecule is CN=C(NCc1cc(Cl)c2c(c1)OCCCO2)N1CCC(C(=O)OC)CC1.I. The van der Waals surface area contributed by atoms with Crippen molar-refractivity contribution in [1.29, 1.82) is 0 Å². The van der Waals surface area contributed by atoms with Gasteiger partial charge in [0.1, 0.15) is 0 Å². The molecule has 0 aliphatic carbocycles. The van der Waals surface area contributed by atoms with Gasteiger partial charge in [-0.15, -0.1) is 24.0 Å². The van der Waals surface area contributed by atoms with Crippen LogP contribution in [-0.2, 0) is 16.1 Å². The van der Waals surface area contributed by atoms with E-state index in [9.17, 15) is 4.79 Å². The summed E-state index contributed by atoms with van der Waals surface area (Å²) in [5, 5.41) is 3.92. The van der Waals surface area contributed by atoms with Crippen LogP contribution < -0.4 is 14.8 Å². The Bertz CT molecular complexity index is 709. The van der Waals surface area contributed by atoms with Crippen LogP contribution in [0.25, 0.3) is 0 Å². The van der Waals surface area contributed by atoms with Crippen LogP contribution in [0.3, 0.4) is 0 Å². The van der Waals surface area contributed by atoms with E-state index in [-0.39, 0.29) is 35.9 Å². The van der Waals surface area contributed by atoms with Crippen LogP contribution in [-0.4, -0.2) is 57.3 Å². The van der Waals surface area contributed by atoms with Crippen LogP contribution in [0.4, 0.5) is 0 Å². The summed E-state index contributed by atoms with van der Waals surface area (Å²) < 4.78 is 16.3. The molecular weight excluding hydrogens is 497 g/mol. The largest absolute Gasteiger partial charge is 0.489 e. The average molecular weight is 524 g/mol. The van der Waals surface area contributed by atoms with Crippen molar-refractivity contribution >= 4 is 47.5 Å². The first-order valence-corrected chi connectivity index (χ1v) is 9.61. The Morgan fingerprint density at radius 1 is 1.32 bits per heavy atom. The van der Waals surface area contributed by atoms with E-state index < -0.39 is 0 Å². The zero-order chi connectivity index (χ0) is 19.2. The summed E-state index contributed by atoms with van der Waals surface area (Å²) in [6.45, 7) is 3.33. The minimum Gasteiger partial charge on any atom is -0.489 e. The lowest BCUT2D eigenvalue weighted by Crippen LogP contribution is -2.46. The van der Waals surface area contributed by atoms with Crippen molar-refractivity contribution in [2.75, 3.05) is 40.5 Å². The first-order chi connectivity index (χ1) is 13.1. The molecular formula is C19H27ClIN3O4. The number of methoxy groups -OCH3 is 1.